The second-order valence-corrected chi connectivity index (χ2v) is 7.63. The molecule has 0 rings (SSSR count). The zero-order valence-corrected chi connectivity index (χ0v) is 16.8. The number of hydrogen-bond donors (Lipinski definition) is 1. The largest absolute Gasteiger partial charge is 0.325 e. The van der Waals surface area contributed by atoms with Gasteiger partial charge < -0.3 is 5.73 Å². The van der Waals surface area contributed by atoms with Crippen LogP contribution in [0.4, 0.5) is 0 Å². The van der Waals surface area contributed by atoms with Crippen LogP contribution in [0, 0.1) is 5.92 Å². The van der Waals surface area contributed by atoms with Gasteiger partial charge in [0.25, 0.3) is 0 Å². The molecule has 0 atom stereocenters. The Labute approximate surface area is 147 Å². The minimum Gasteiger partial charge on any atom is -0.325 e. The summed E-state index contributed by atoms with van der Waals surface area (Å²) in [5.74, 6) is 0.717. The lowest BCUT2D eigenvalue weighted by molar-refractivity contribution is 0.267. The maximum absolute atomic E-state index is 6.40. The second kappa shape index (κ2) is 16.1. The third-order valence-electron chi connectivity index (χ3n) is 4.86. The molecule has 0 radical (unpaired) electrons. The predicted molar refractivity (Wildman–Crippen MR) is 105 cm³/mol. The summed E-state index contributed by atoms with van der Waals surface area (Å²) in [5, 5.41) is 0. The fraction of sp³-hybridized carbons (Fsp3) is 1.00. The molecule has 0 saturated carbocycles. The SMILES string of the molecule is CCCCCCCCC(CCCCCCCC)C(C)(C)N.Cl. The van der Waals surface area contributed by atoms with Gasteiger partial charge in [0.15, 0.2) is 0 Å². The maximum Gasteiger partial charge on any atom is 0.0125 e. The first kappa shape index (κ1) is 24.5. The first-order chi connectivity index (χ1) is 10.0. The monoisotopic (exact) mass is 333 g/mol. The van der Waals surface area contributed by atoms with Crippen molar-refractivity contribution in [3.63, 3.8) is 0 Å². The van der Waals surface area contributed by atoms with E-state index in [9.17, 15) is 0 Å². The Hall–Kier alpha value is 0.250. The molecule has 0 aromatic rings. The first-order valence-corrected chi connectivity index (χ1v) is 9.81. The molecule has 0 aromatic carbocycles. The Balaban J connectivity index is 0. The van der Waals surface area contributed by atoms with E-state index in [4.69, 9.17) is 5.73 Å². The lowest BCUT2D eigenvalue weighted by Gasteiger charge is -2.31. The summed E-state index contributed by atoms with van der Waals surface area (Å²) in [5.41, 5.74) is 6.41. The van der Waals surface area contributed by atoms with Crippen LogP contribution in [0.25, 0.3) is 0 Å². The Morgan fingerprint density at radius 2 is 0.955 bits per heavy atom. The predicted octanol–water partition coefficient (Wildman–Crippen LogP) is 7.26. The molecule has 0 fully saturated rings. The van der Waals surface area contributed by atoms with E-state index in [0.29, 0.717) is 0 Å². The highest BCUT2D eigenvalue weighted by Crippen LogP contribution is 2.27. The fourth-order valence-electron chi connectivity index (χ4n) is 3.23. The van der Waals surface area contributed by atoms with Crippen molar-refractivity contribution >= 4 is 12.4 Å². The lowest BCUT2D eigenvalue weighted by Crippen LogP contribution is -2.40. The third kappa shape index (κ3) is 15.2. The van der Waals surface area contributed by atoms with Gasteiger partial charge >= 0.3 is 0 Å². The van der Waals surface area contributed by atoms with Gasteiger partial charge in [0.05, 0.1) is 0 Å². The van der Waals surface area contributed by atoms with E-state index < -0.39 is 0 Å². The van der Waals surface area contributed by atoms with Crippen molar-refractivity contribution in [1.29, 1.82) is 0 Å². The molecule has 0 spiro atoms. The Bertz CT molecular complexity index is 194. The molecule has 0 aromatic heterocycles. The van der Waals surface area contributed by atoms with Crippen LogP contribution in [-0.4, -0.2) is 5.54 Å². The molecule has 0 amide bonds. The zero-order chi connectivity index (χ0) is 16.0. The average molecular weight is 334 g/mol. The number of rotatable bonds is 15. The summed E-state index contributed by atoms with van der Waals surface area (Å²) in [7, 11) is 0. The molecule has 0 heterocycles. The van der Waals surface area contributed by atoms with Gasteiger partial charge in [-0.2, -0.15) is 0 Å². The van der Waals surface area contributed by atoms with Crippen molar-refractivity contribution in [2.45, 2.75) is 123 Å². The second-order valence-electron chi connectivity index (χ2n) is 7.63. The van der Waals surface area contributed by atoms with Crippen LogP contribution >= 0.6 is 12.4 Å². The Kier molecular flexibility index (Phi) is 18.0. The summed E-state index contributed by atoms with van der Waals surface area (Å²) in [6, 6.07) is 0. The minimum absolute atomic E-state index is 0. The van der Waals surface area contributed by atoms with E-state index in [-0.39, 0.29) is 17.9 Å². The fourth-order valence-corrected chi connectivity index (χ4v) is 3.23. The standard InChI is InChI=1S/C20H43N.ClH/c1-5-7-9-11-13-15-17-19(20(3,4)21)18-16-14-12-10-8-6-2;/h19H,5-18,21H2,1-4H3;1H. The van der Waals surface area contributed by atoms with E-state index in [0.717, 1.165) is 5.92 Å². The smallest absolute Gasteiger partial charge is 0.0125 e. The molecule has 0 aliphatic rings. The molecule has 1 nitrogen and oxygen atoms in total. The van der Waals surface area contributed by atoms with Gasteiger partial charge in [-0.1, -0.05) is 90.9 Å². The maximum atomic E-state index is 6.40. The molecule has 0 bridgehead atoms. The molecule has 22 heavy (non-hydrogen) atoms. The highest BCUT2D eigenvalue weighted by molar-refractivity contribution is 5.85. The Morgan fingerprint density at radius 1 is 0.636 bits per heavy atom. The number of nitrogens with two attached hydrogens (primary N) is 1. The molecule has 0 saturated heterocycles. The normalized spacial score (nSPS) is 11.7. The van der Waals surface area contributed by atoms with E-state index in [2.05, 4.69) is 27.7 Å². The quantitative estimate of drug-likeness (QED) is 0.313. The molecule has 2 N–H and O–H groups in total. The number of hydrogen-bond acceptors (Lipinski definition) is 1. The van der Waals surface area contributed by atoms with E-state index in [1.165, 1.54) is 89.9 Å². The average Bonchev–Trinajstić information content (AvgIpc) is 2.42. The van der Waals surface area contributed by atoms with Crippen LogP contribution in [0.15, 0.2) is 0 Å². The van der Waals surface area contributed by atoms with Crippen molar-refractivity contribution in [3.8, 4) is 0 Å². The van der Waals surface area contributed by atoms with Crippen LogP contribution in [-0.2, 0) is 0 Å². The highest BCUT2D eigenvalue weighted by Gasteiger charge is 2.23. The molecular weight excluding hydrogens is 290 g/mol. The van der Waals surface area contributed by atoms with Crippen molar-refractivity contribution in [3.05, 3.63) is 0 Å². The molecule has 0 aliphatic carbocycles. The first-order valence-electron chi connectivity index (χ1n) is 9.81. The van der Waals surface area contributed by atoms with E-state index in [1.54, 1.807) is 0 Å². The van der Waals surface area contributed by atoms with Crippen molar-refractivity contribution in [2.24, 2.45) is 11.7 Å². The van der Waals surface area contributed by atoms with Gasteiger partial charge in [-0.3, -0.25) is 0 Å². The van der Waals surface area contributed by atoms with Crippen LogP contribution in [0.2, 0.25) is 0 Å². The van der Waals surface area contributed by atoms with Crippen molar-refractivity contribution in [1.82, 2.24) is 0 Å². The van der Waals surface area contributed by atoms with Crippen LogP contribution < -0.4 is 5.73 Å². The number of unbranched alkanes of at least 4 members (excludes halogenated alkanes) is 10. The van der Waals surface area contributed by atoms with Gasteiger partial charge in [-0.25, -0.2) is 0 Å². The van der Waals surface area contributed by atoms with Crippen LogP contribution in [0.5, 0.6) is 0 Å². The van der Waals surface area contributed by atoms with E-state index in [1.807, 2.05) is 0 Å². The summed E-state index contributed by atoms with van der Waals surface area (Å²) in [4.78, 5) is 0. The zero-order valence-electron chi connectivity index (χ0n) is 16.0. The summed E-state index contributed by atoms with van der Waals surface area (Å²) >= 11 is 0. The molecule has 0 unspecified atom stereocenters. The highest BCUT2D eigenvalue weighted by atomic mass is 35.5. The molecular formula is C20H44ClN. The van der Waals surface area contributed by atoms with Gasteiger partial charge in [-0.05, 0) is 32.6 Å². The summed E-state index contributed by atoms with van der Waals surface area (Å²) in [6.45, 7) is 9.03. The van der Waals surface area contributed by atoms with Crippen molar-refractivity contribution in [2.75, 3.05) is 0 Å². The van der Waals surface area contributed by atoms with Gasteiger partial charge in [0.1, 0.15) is 0 Å². The molecule has 136 valence electrons. The third-order valence-corrected chi connectivity index (χ3v) is 4.86. The van der Waals surface area contributed by atoms with E-state index >= 15 is 0 Å². The Morgan fingerprint density at radius 3 is 1.27 bits per heavy atom. The minimum atomic E-state index is 0. The van der Waals surface area contributed by atoms with Crippen LogP contribution in [0.3, 0.4) is 0 Å². The van der Waals surface area contributed by atoms with Gasteiger partial charge in [0, 0.05) is 5.54 Å². The van der Waals surface area contributed by atoms with Gasteiger partial charge in [-0.15, -0.1) is 12.4 Å². The topological polar surface area (TPSA) is 26.0 Å². The van der Waals surface area contributed by atoms with Crippen LogP contribution in [0.1, 0.15) is 118 Å². The number of halogens is 1. The van der Waals surface area contributed by atoms with Gasteiger partial charge in [0.2, 0.25) is 0 Å². The molecule has 0 aliphatic heterocycles. The van der Waals surface area contributed by atoms with Crippen molar-refractivity contribution < 1.29 is 0 Å². The molecule has 2 heteroatoms. The summed E-state index contributed by atoms with van der Waals surface area (Å²) < 4.78 is 0. The summed E-state index contributed by atoms with van der Waals surface area (Å²) in [6.07, 6.45) is 19.4. The lowest BCUT2D eigenvalue weighted by atomic mass is 9.80.